The standard InChI is InChI=1S/C11H20N/c1-2-12(11-8-5-9-11)10-6-3-4-7-10/h10-11H,1-9H2. The van der Waals surface area contributed by atoms with Gasteiger partial charge >= 0.3 is 0 Å². The average Bonchev–Trinajstić information content (AvgIpc) is 2.47. The van der Waals surface area contributed by atoms with E-state index in [4.69, 9.17) is 0 Å². The molecule has 0 unspecified atom stereocenters. The molecular weight excluding hydrogens is 146 g/mol. The van der Waals surface area contributed by atoms with Gasteiger partial charge < -0.3 is 0 Å². The monoisotopic (exact) mass is 166 g/mol. The first-order valence-electron chi connectivity index (χ1n) is 5.47. The molecule has 0 aromatic rings. The molecule has 2 aliphatic rings. The summed E-state index contributed by atoms with van der Waals surface area (Å²) in [4.78, 5) is 2.66. The Labute approximate surface area is 76.1 Å². The Balaban J connectivity index is 1.87. The van der Waals surface area contributed by atoms with Crippen LogP contribution in [0.2, 0.25) is 0 Å². The van der Waals surface area contributed by atoms with Crippen molar-refractivity contribution >= 4 is 0 Å². The third-order valence-electron chi connectivity index (χ3n) is 3.60. The van der Waals surface area contributed by atoms with Crippen LogP contribution < -0.4 is 0 Å². The first kappa shape index (κ1) is 8.55. The van der Waals surface area contributed by atoms with Crippen molar-refractivity contribution in [3.05, 3.63) is 6.92 Å². The van der Waals surface area contributed by atoms with Gasteiger partial charge in [0.1, 0.15) is 0 Å². The Morgan fingerprint density at radius 1 is 0.917 bits per heavy atom. The van der Waals surface area contributed by atoms with Crippen molar-refractivity contribution in [2.45, 2.75) is 57.0 Å². The number of rotatable bonds is 3. The van der Waals surface area contributed by atoms with Gasteiger partial charge in [-0.25, -0.2) is 0 Å². The first-order valence-corrected chi connectivity index (χ1v) is 5.47. The van der Waals surface area contributed by atoms with E-state index < -0.39 is 0 Å². The summed E-state index contributed by atoms with van der Waals surface area (Å²) in [5.74, 6) is 0. The van der Waals surface area contributed by atoms with Crippen LogP contribution in [-0.4, -0.2) is 23.5 Å². The van der Waals surface area contributed by atoms with E-state index in [1.54, 1.807) is 0 Å². The molecule has 69 valence electrons. The molecule has 0 aromatic heterocycles. The molecule has 1 nitrogen and oxygen atoms in total. The lowest BCUT2D eigenvalue weighted by molar-refractivity contribution is 0.0942. The predicted octanol–water partition coefficient (Wildman–Crippen LogP) is 2.62. The van der Waals surface area contributed by atoms with E-state index in [9.17, 15) is 0 Å². The minimum atomic E-state index is 0.896. The molecule has 2 aliphatic carbocycles. The van der Waals surface area contributed by atoms with Crippen molar-refractivity contribution in [2.75, 3.05) is 6.54 Å². The maximum absolute atomic E-state index is 4.06. The maximum Gasteiger partial charge on any atom is 0.00982 e. The molecule has 0 spiro atoms. The van der Waals surface area contributed by atoms with Gasteiger partial charge in [0.2, 0.25) is 0 Å². The SMILES string of the molecule is [CH2]CN(C1CCCC1)C1CCC1. The van der Waals surface area contributed by atoms with Gasteiger partial charge in [-0.05, 0) is 39.2 Å². The molecule has 0 amide bonds. The van der Waals surface area contributed by atoms with Crippen molar-refractivity contribution in [3.8, 4) is 0 Å². The number of hydrogen-bond donors (Lipinski definition) is 0. The Morgan fingerprint density at radius 2 is 1.42 bits per heavy atom. The molecule has 2 rings (SSSR count). The van der Waals surface area contributed by atoms with Gasteiger partial charge in [0.05, 0.1) is 0 Å². The lowest BCUT2D eigenvalue weighted by Crippen LogP contribution is -2.45. The van der Waals surface area contributed by atoms with Crippen LogP contribution in [0, 0.1) is 6.92 Å². The van der Waals surface area contributed by atoms with Gasteiger partial charge in [-0.15, -0.1) is 0 Å². The summed E-state index contributed by atoms with van der Waals surface area (Å²) in [5.41, 5.74) is 0. The number of hydrogen-bond acceptors (Lipinski definition) is 1. The van der Waals surface area contributed by atoms with Crippen LogP contribution in [0.4, 0.5) is 0 Å². The number of nitrogens with zero attached hydrogens (tertiary/aromatic N) is 1. The van der Waals surface area contributed by atoms with Crippen LogP contribution in [0.15, 0.2) is 0 Å². The zero-order valence-corrected chi connectivity index (χ0v) is 7.97. The molecule has 1 radical (unpaired) electrons. The Hall–Kier alpha value is -0.0400. The fourth-order valence-electron chi connectivity index (χ4n) is 2.62. The minimum absolute atomic E-state index is 0.896. The van der Waals surface area contributed by atoms with Crippen molar-refractivity contribution in [3.63, 3.8) is 0 Å². The second-order valence-electron chi connectivity index (χ2n) is 4.26. The van der Waals surface area contributed by atoms with Gasteiger partial charge in [0.15, 0.2) is 0 Å². The fraction of sp³-hybridized carbons (Fsp3) is 0.909. The molecule has 0 bridgehead atoms. The van der Waals surface area contributed by atoms with Crippen molar-refractivity contribution < 1.29 is 0 Å². The Morgan fingerprint density at radius 3 is 1.75 bits per heavy atom. The highest BCUT2D eigenvalue weighted by Crippen LogP contribution is 2.31. The quantitative estimate of drug-likeness (QED) is 0.623. The summed E-state index contributed by atoms with van der Waals surface area (Å²) in [7, 11) is 0. The molecule has 0 aromatic carbocycles. The van der Waals surface area contributed by atoms with E-state index in [2.05, 4.69) is 11.8 Å². The van der Waals surface area contributed by atoms with Crippen LogP contribution in [0.1, 0.15) is 44.9 Å². The highest BCUT2D eigenvalue weighted by molar-refractivity contribution is 4.87. The molecule has 0 heterocycles. The zero-order chi connectivity index (χ0) is 8.39. The van der Waals surface area contributed by atoms with Gasteiger partial charge in [-0.3, -0.25) is 4.90 Å². The molecule has 12 heavy (non-hydrogen) atoms. The van der Waals surface area contributed by atoms with E-state index in [1.165, 1.54) is 44.9 Å². The third-order valence-corrected chi connectivity index (χ3v) is 3.60. The van der Waals surface area contributed by atoms with E-state index in [1.807, 2.05) is 0 Å². The van der Waals surface area contributed by atoms with Crippen molar-refractivity contribution in [2.24, 2.45) is 0 Å². The van der Waals surface area contributed by atoms with Crippen molar-refractivity contribution in [1.82, 2.24) is 4.90 Å². The second-order valence-corrected chi connectivity index (χ2v) is 4.26. The minimum Gasteiger partial charge on any atom is -0.297 e. The smallest absolute Gasteiger partial charge is 0.00982 e. The summed E-state index contributed by atoms with van der Waals surface area (Å²) in [6.45, 7) is 5.10. The second kappa shape index (κ2) is 3.78. The van der Waals surface area contributed by atoms with E-state index in [0.29, 0.717) is 0 Å². The lowest BCUT2D eigenvalue weighted by atomic mass is 9.90. The van der Waals surface area contributed by atoms with E-state index in [0.717, 1.165) is 18.6 Å². The molecule has 2 fully saturated rings. The highest BCUT2D eigenvalue weighted by Gasteiger charge is 2.30. The van der Waals surface area contributed by atoms with Crippen molar-refractivity contribution in [1.29, 1.82) is 0 Å². The van der Waals surface area contributed by atoms with Crippen LogP contribution in [0.5, 0.6) is 0 Å². The molecular formula is C11H20N. The molecule has 0 saturated heterocycles. The zero-order valence-electron chi connectivity index (χ0n) is 7.97. The topological polar surface area (TPSA) is 3.24 Å². The summed E-state index contributed by atoms with van der Waals surface area (Å²) in [6, 6.07) is 1.80. The summed E-state index contributed by atoms with van der Waals surface area (Å²) in [6.07, 6.45) is 10.1. The third kappa shape index (κ3) is 1.52. The molecule has 0 atom stereocenters. The fourth-order valence-corrected chi connectivity index (χ4v) is 2.62. The first-order chi connectivity index (χ1) is 5.92. The van der Waals surface area contributed by atoms with Crippen LogP contribution in [0.25, 0.3) is 0 Å². The van der Waals surface area contributed by atoms with Gasteiger partial charge in [-0.1, -0.05) is 19.3 Å². The molecule has 1 heteroatoms. The van der Waals surface area contributed by atoms with Crippen LogP contribution in [0.3, 0.4) is 0 Å². The van der Waals surface area contributed by atoms with Crippen LogP contribution in [-0.2, 0) is 0 Å². The predicted molar refractivity (Wildman–Crippen MR) is 52.0 cm³/mol. The summed E-state index contributed by atoms with van der Waals surface area (Å²) >= 11 is 0. The summed E-state index contributed by atoms with van der Waals surface area (Å²) < 4.78 is 0. The molecule has 2 saturated carbocycles. The van der Waals surface area contributed by atoms with E-state index in [-0.39, 0.29) is 0 Å². The Kier molecular flexibility index (Phi) is 2.69. The lowest BCUT2D eigenvalue weighted by Gasteiger charge is -2.40. The molecule has 0 aliphatic heterocycles. The largest absolute Gasteiger partial charge is 0.297 e. The normalized spacial score (nSPS) is 26.5. The average molecular weight is 166 g/mol. The molecule has 0 N–H and O–H groups in total. The maximum atomic E-state index is 4.06. The van der Waals surface area contributed by atoms with Gasteiger partial charge in [0.25, 0.3) is 0 Å². The highest BCUT2D eigenvalue weighted by atomic mass is 15.2. The van der Waals surface area contributed by atoms with Gasteiger partial charge in [-0.2, -0.15) is 0 Å². The van der Waals surface area contributed by atoms with Crippen LogP contribution >= 0.6 is 0 Å². The van der Waals surface area contributed by atoms with Gasteiger partial charge in [0, 0.05) is 12.1 Å². The van der Waals surface area contributed by atoms with E-state index >= 15 is 0 Å². The Bertz CT molecular complexity index is 134. The summed E-state index contributed by atoms with van der Waals surface area (Å²) in [5, 5.41) is 0.